The maximum atomic E-state index is 11.9. The predicted molar refractivity (Wildman–Crippen MR) is 80.4 cm³/mol. The van der Waals surface area contributed by atoms with Crippen molar-refractivity contribution in [2.24, 2.45) is 0 Å². The van der Waals surface area contributed by atoms with E-state index in [1.807, 2.05) is 29.0 Å². The van der Waals surface area contributed by atoms with Gasteiger partial charge in [-0.3, -0.25) is 4.79 Å². The van der Waals surface area contributed by atoms with E-state index in [0.29, 0.717) is 13.0 Å². The van der Waals surface area contributed by atoms with Crippen LogP contribution in [0, 0.1) is 11.3 Å². The summed E-state index contributed by atoms with van der Waals surface area (Å²) in [5.74, 6) is -0.109. The second kappa shape index (κ2) is 7.41. The summed E-state index contributed by atoms with van der Waals surface area (Å²) in [5, 5.41) is 15.5. The molecule has 0 atom stereocenters. The van der Waals surface area contributed by atoms with Gasteiger partial charge < -0.3 is 15.2 Å². The summed E-state index contributed by atoms with van der Waals surface area (Å²) in [5.41, 5.74) is 1.94. The second-order valence-corrected chi connectivity index (χ2v) is 4.70. The molecule has 0 aliphatic rings. The van der Waals surface area contributed by atoms with E-state index in [1.54, 1.807) is 6.20 Å². The molecule has 0 aliphatic carbocycles. The van der Waals surface area contributed by atoms with Crippen LogP contribution >= 0.6 is 0 Å². The molecule has 0 bridgehead atoms. The Labute approximate surface area is 123 Å². The molecule has 1 amide bonds. The summed E-state index contributed by atoms with van der Waals surface area (Å²) in [6.45, 7) is 4.29. The Morgan fingerprint density at radius 3 is 3.14 bits per heavy atom. The lowest BCUT2D eigenvalue weighted by Gasteiger charge is -2.05. The van der Waals surface area contributed by atoms with Gasteiger partial charge in [0.1, 0.15) is 12.2 Å². The number of amides is 1. The number of rotatable bonds is 7. The van der Waals surface area contributed by atoms with E-state index in [9.17, 15) is 4.79 Å². The molecule has 0 aromatic carbocycles. The molecule has 2 rings (SSSR count). The molecular weight excluding hydrogens is 266 g/mol. The van der Waals surface area contributed by atoms with Crippen LogP contribution in [-0.4, -0.2) is 28.5 Å². The molecule has 21 heavy (non-hydrogen) atoms. The molecule has 110 valence electrons. The third-order valence-corrected chi connectivity index (χ3v) is 3.15. The average Bonchev–Trinajstić information content (AvgIpc) is 2.84. The van der Waals surface area contributed by atoms with Crippen LogP contribution in [0.2, 0.25) is 0 Å². The highest BCUT2D eigenvalue weighted by Crippen LogP contribution is 2.19. The maximum absolute atomic E-state index is 11.9. The molecule has 0 saturated heterocycles. The van der Waals surface area contributed by atoms with E-state index in [1.165, 1.54) is 0 Å². The van der Waals surface area contributed by atoms with Gasteiger partial charge in [0.15, 0.2) is 0 Å². The van der Waals surface area contributed by atoms with Crippen molar-refractivity contribution in [3.05, 3.63) is 30.1 Å². The van der Waals surface area contributed by atoms with E-state index >= 15 is 0 Å². The summed E-state index contributed by atoms with van der Waals surface area (Å²) >= 11 is 0. The number of fused-ring (bicyclic) bond motifs is 1. The first-order valence-electron chi connectivity index (χ1n) is 7.03. The van der Waals surface area contributed by atoms with Crippen LogP contribution in [0.15, 0.2) is 24.5 Å². The van der Waals surface area contributed by atoms with Crippen molar-refractivity contribution in [1.29, 1.82) is 5.26 Å². The quantitative estimate of drug-likeness (QED) is 0.748. The highest BCUT2D eigenvalue weighted by molar-refractivity contribution is 5.83. The first kappa shape index (κ1) is 15.0. The van der Waals surface area contributed by atoms with Crippen molar-refractivity contribution >= 4 is 16.9 Å². The number of aromatic nitrogens is 2. The van der Waals surface area contributed by atoms with Gasteiger partial charge in [-0.25, -0.2) is 4.98 Å². The summed E-state index contributed by atoms with van der Waals surface area (Å²) in [6.07, 6.45) is 4.01. The van der Waals surface area contributed by atoms with Gasteiger partial charge in [-0.1, -0.05) is 6.92 Å². The maximum Gasteiger partial charge on any atom is 0.240 e. The zero-order valence-corrected chi connectivity index (χ0v) is 12.1. The topological polar surface area (TPSA) is 82.7 Å². The lowest BCUT2D eigenvalue weighted by Crippen LogP contribution is -2.28. The third kappa shape index (κ3) is 3.80. The highest BCUT2D eigenvalue weighted by Gasteiger charge is 2.11. The van der Waals surface area contributed by atoms with Gasteiger partial charge in [0.25, 0.3) is 0 Å². The number of hydrogen-bond acceptors (Lipinski definition) is 4. The predicted octanol–water partition coefficient (Wildman–Crippen LogP) is 1.18. The number of carbonyl (C=O) groups excluding carboxylic acids is 1. The first-order chi connectivity index (χ1) is 10.3. The molecule has 2 aromatic rings. The van der Waals surface area contributed by atoms with E-state index in [4.69, 9.17) is 5.26 Å². The Balaban J connectivity index is 2.15. The lowest BCUT2D eigenvalue weighted by atomic mass is 10.2. The molecule has 0 fully saturated rings. The van der Waals surface area contributed by atoms with Crippen molar-refractivity contribution in [1.82, 2.24) is 20.2 Å². The van der Waals surface area contributed by atoms with Gasteiger partial charge in [-0.2, -0.15) is 5.26 Å². The second-order valence-electron chi connectivity index (χ2n) is 4.70. The average molecular weight is 285 g/mol. The van der Waals surface area contributed by atoms with Crippen LogP contribution in [0.3, 0.4) is 0 Å². The van der Waals surface area contributed by atoms with Gasteiger partial charge in [0.05, 0.1) is 12.5 Å². The van der Waals surface area contributed by atoms with Crippen LogP contribution in [-0.2, 0) is 17.9 Å². The van der Waals surface area contributed by atoms with Gasteiger partial charge >= 0.3 is 0 Å². The van der Waals surface area contributed by atoms with E-state index in [2.05, 4.69) is 22.5 Å². The molecule has 2 N–H and O–H groups in total. The number of nitrogens with one attached hydrogen (secondary N) is 2. The molecule has 0 aliphatic heterocycles. The van der Waals surface area contributed by atoms with Crippen molar-refractivity contribution < 1.29 is 4.79 Å². The van der Waals surface area contributed by atoms with Crippen molar-refractivity contribution in [2.75, 3.05) is 13.1 Å². The molecule has 0 unspecified atom stereocenters. The minimum absolute atomic E-state index is 0.109. The minimum Gasteiger partial charge on any atom is -0.354 e. The monoisotopic (exact) mass is 285 g/mol. The van der Waals surface area contributed by atoms with Crippen molar-refractivity contribution in [2.45, 2.75) is 26.4 Å². The van der Waals surface area contributed by atoms with Gasteiger partial charge in [0.2, 0.25) is 5.91 Å². The fourth-order valence-electron chi connectivity index (χ4n) is 2.18. The van der Waals surface area contributed by atoms with E-state index in [-0.39, 0.29) is 12.5 Å². The molecule has 0 spiro atoms. The Bertz CT molecular complexity index is 656. The molecule has 0 saturated carbocycles. The van der Waals surface area contributed by atoms with Crippen LogP contribution in [0.1, 0.15) is 18.9 Å². The first-order valence-corrected chi connectivity index (χ1v) is 7.03. The van der Waals surface area contributed by atoms with Crippen LogP contribution in [0.25, 0.3) is 11.0 Å². The smallest absolute Gasteiger partial charge is 0.240 e. The summed E-state index contributed by atoms with van der Waals surface area (Å²) < 4.78 is 1.85. The molecular formula is C15H19N5O. The van der Waals surface area contributed by atoms with Crippen molar-refractivity contribution in [3.63, 3.8) is 0 Å². The van der Waals surface area contributed by atoms with E-state index < -0.39 is 0 Å². The molecule has 2 heterocycles. The van der Waals surface area contributed by atoms with Gasteiger partial charge in [0, 0.05) is 30.9 Å². The zero-order chi connectivity index (χ0) is 15.1. The van der Waals surface area contributed by atoms with Gasteiger partial charge in [-0.15, -0.1) is 0 Å². The third-order valence-electron chi connectivity index (χ3n) is 3.15. The largest absolute Gasteiger partial charge is 0.354 e. The highest BCUT2D eigenvalue weighted by atomic mass is 16.1. The normalized spacial score (nSPS) is 10.5. The van der Waals surface area contributed by atoms with Gasteiger partial charge in [-0.05, 0) is 24.2 Å². The zero-order valence-electron chi connectivity index (χ0n) is 12.1. The lowest BCUT2D eigenvalue weighted by molar-refractivity contribution is -0.121. The molecule has 6 heteroatoms. The van der Waals surface area contributed by atoms with Crippen LogP contribution in [0.5, 0.6) is 0 Å². The Morgan fingerprint density at radius 2 is 2.38 bits per heavy atom. The summed E-state index contributed by atoms with van der Waals surface area (Å²) in [7, 11) is 0. The standard InChI is InChI=1S/C15H19N5O/c1-2-17-9-12-10-20(11-14(21)18-8-4-6-16)15-13(12)5-3-7-19-15/h3,5,7,10,17H,2,4,8-9,11H2,1H3,(H,18,21). The fraction of sp³-hybridized carbons (Fsp3) is 0.400. The van der Waals surface area contributed by atoms with E-state index in [0.717, 1.165) is 29.7 Å². The number of nitriles is 1. The number of hydrogen-bond donors (Lipinski definition) is 2. The number of pyridine rings is 1. The molecule has 6 nitrogen and oxygen atoms in total. The number of nitrogens with zero attached hydrogens (tertiary/aromatic N) is 3. The Morgan fingerprint density at radius 1 is 1.52 bits per heavy atom. The molecule has 2 aromatic heterocycles. The SMILES string of the molecule is CCNCc1cn(CC(=O)NCCC#N)c2ncccc12. The Kier molecular flexibility index (Phi) is 5.29. The number of carbonyl (C=O) groups is 1. The van der Waals surface area contributed by atoms with Crippen LogP contribution in [0.4, 0.5) is 0 Å². The molecule has 0 radical (unpaired) electrons. The fourth-order valence-corrected chi connectivity index (χ4v) is 2.18. The summed E-state index contributed by atoms with van der Waals surface area (Å²) in [4.78, 5) is 16.2. The van der Waals surface area contributed by atoms with Crippen molar-refractivity contribution in [3.8, 4) is 6.07 Å². The Hall–Kier alpha value is -2.39. The minimum atomic E-state index is -0.109. The summed E-state index contributed by atoms with van der Waals surface area (Å²) in [6, 6.07) is 5.91. The van der Waals surface area contributed by atoms with Crippen LogP contribution < -0.4 is 10.6 Å².